The largest absolute Gasteiger partial charge is 0.433 e. The summed E-state index contributed by atoms with van der Waals surface area (Å²) in [5.74, 6) is -0.119. The third-order valence-electron chi connectivity index (χ3n) is 4.30. The summed E-state index contributed by atoms with van der Waals surface area (Å²) >= 11 is 0. The van der Waals surface area contributed by atoms with Crippen molar-refractivity contribution in [1.29, 1.82) is 0 Å². The van der Waals surface area contributed by atoms with Crippen LogP contribution in [-0.2, 0) is 21.5 Å². The van der Waals surface area contributed by atoms with E-state index in [1.807, 2.05) is 0 Å². The van der Waals surface area contributed by atoms with Crippen LogP contribution in [-0.4, -0.2) is 42.6 Å². The summed E-state index contributed by atoms with van der Waals surface area (Å²) in [6.07, 6.45) is -2.55. The highest BCUT2D eigenvalue weighted by Gasteiger charge is 2.29. The molecule has 0 radical (unpaired) electrons. The number of benzene rings is 1. The number of ether oxygens (including phenoxy) is 1. The van der Waals surface area contributed by atoms with Crippen molar-refractivity contribution in [3.63, 3.8) is 0 Å². The van der Waals surface area contributed by atoms with E-state index < -0.39 is 16.1 Å². The van der Waals surface area contributed by atoms with Crippen molar-refractivity contribution >= 4 is 15.7 Å². The van der Waals surface area contributed by atoms with Gasteiger partial charge in [-0.2, -0.15) is 13.1 Å². The fourth-order valence-electron chi connectivity index (χ4n) is 2.88. The van der Waals surface area contributed by atoms with Crippen LogP contribution >= 0.6 is 0 Å². The van der Waals surface area contributed by atoms with E-state index in [1.54, 1.807) is 12.1 Å². The third kappa shape index (κ3) is 5.86. The molecular formula is C19H21F2N3O5S. The van der Waals surface area contributed by atoms with E-state index in [0.717, 1.165) is 0 Å². The molecule has 1 aromatic heterocycles. The fraction of sp³-hybridized carbons (Fsp3) is 0.368. The van der Waals surface area contributed by atoms with E-state index in [0.29, 0.717) is 31.2 Å². The van der Waals surface area contributed by atoms with E-state index in [9.17, 15) is 22.0 Å². The molecule has 1 aromatic carbocycles. The Bertz CT molecular complexity index is 1050. The minimum Gasteiger partial charge on any atom is -0.433 e. The lowest BCUT2D eigenvalue weighted by molar-refractivity contribution is -0.158. The maximum Gasteiger partial charge on any atom is 0.394 e. The van der Waals surface area contributed by atoms with E-state index in [4.69, 9.17) is 4.84 Å². The number of rotatable bonds is 7. The summed E-state index contributed by atoms with van der Waals surface area (Å²) in [6, 6.07) is 9.58. The third-order valence-corrected chi connectivity index (χ3v) is 6.21. The van der Waals surface area contributed by atoms with Gasteiger partial charge in [0.05, 0.1) is 16.3 Å². The smallest absolute Gasteiger partial charge is 0.394 e. The Morgan fingerprint density at radius 1 is 1.13 bits per heavy atom. The molecule has 2 aromatic rings. The average molecular weight is 441 g/mol. The van der Waals surface area contributed by atoms with Gasteiger partial charge in [0.15, 0.2) is 6.61 Å². The Labute approximate surface area is 172 Å². The molecule has 0 saturated carbocycles. The van der Waals surface area contributed by atoms with Gasteiger partial charge in [-0.15, -0.1) is 0 Å². The van der Waals surface area contributed by atoms with Gasteiger partial charge < -0.3 is 14.6 Å². The van der Waals surface area contributed by atoms with Crippen LogP contribution in [0.15, 0.2) is 57.3 Å². The molecule has 1 saturated heterocycles. The Morgan fingerprint density at radius 3 is 2.40 bits per heavy atom. The number of oxime groups is 1. The molecule has 162 valence electrons. The number of hydrogen-bond acceptors (Lipinski definition) is 6. The molecular weight excluding hydrogens is 420 g/mol. The van der Waals surface area contributed by atoms with Crippen LogP contribution in [0.5, 0.6) is 5.75 Å². The second-order valence-electron chi connectivity index (χ2n) is 6.76. The molecule has 0 bridgehead atoms. The van der Waals surface area contributed by atoms with Crippen LogP contribution in [0.25, 0.3) is 0 Å². The van der Waals surface area contributed by atoms with Crippen LogP contribution in [0.3, 0.4) is 0 Å². The molecule has 0 atom stereocenters. The van der Waals surface area contributed by atoms with Crippen molar-refractivity contribution in [3.8, 4) is 5.75 Å². The molecule has 0 unspecified atom stereocenters. The van der Waals surface area contributed by atoms with Gasteiger partial charge in [0.2, 0.25) is 15.6 Å². The van der Waals surface area contributed by atoms with Gasteiger partial charge in [-0.3, -0.25) is 4.79 Å². The summed E-state index contributed by atoms with van der Waals surface area (Å²) in [5, 5.41) is 4.03. The molecule has 3 rings (SSSR count). The molecule has 30 heavy (non-hydrogen) atoms. The Hall–Kier alpha value is -2.79. The number of alkyl halides is 2. The van der Waals surface area contributed by atoms with Gasteiger partial charge >= 0.3 is 6.11 Å². The molecule has 2 heterocycles. The standard InChI is InChI=1S/C19H21F2N3O5S/c1-19(20,21)29-16-5-7-17(8-6-16)30(26,27)24-11-9-14(10-12-24)23-28-13-15-3-2-4-18(25)22-15/h2-8H,9-13H2,1H3,(H,22,25). The summed E-state index contributed by atoms with van der Waals surface area (Å²) in [7, 11) is -3.76. The van der Waals surface area contributed by atoms with Gasteiger partial charge in [0, 0.05) is 38.9 Å². The van der Waals surface area contributed by atoms with Crippen molar-refractivity contribution in [2.24, 2.45) is 5.16 Å². The van der Waals surface area contributed by atoms with Crippen LogP contribution < -0.4 is 10.3 Å². The zero-order valence-corrected chi connectivity index (χ0v) is 17.0. The van der Waals surface area contributed by atoms with Gasteiger partial charge in [0.1, 0.15) is 5.75 Å². The molecule has 1 N–H and O–H groups in total. The monoisotopic (exact) mass is 441 g/mol. The number of hydrogen-bond donors (Lipinski definition) is 1. The minimum atomic E-state index is -3.76. The predicted molar refractivity (Wildman–Crippen MR) is 105 cm³/mol. The number of aromatic nitrogens is 1. The Morgan fingerprint density at radius 2 is 1.80 bits per heavy atom. The Kier molecular flexibility index (Phi) is 6.52. The van der Waals surface area contributed by atoms with Crippen molar-refractivity contribution in [2.75, 3.05) is 13.1 Å². The van der Waals surface area contributed by atoms with Crippen LogP contribution in [0.1, 0.15) is 25.5 Å². The first-order valence-corrected chi connectivity index (χ1v) is 10.6. The molecule has 1 fully saturated rings. The number of nitrogens with zero attached hydrogens (tertiary/aromatic N) is 2. The normalized spacial score (nSPS) is 15.6. The summed E-state index contributed by atoms with van der Waals surface area (Å²) in [4.78, 5) is 19.1. The second kappa shape index (κ2) is 8.92. The molecule has 0 aliphatic carbocycles. The number of piperidine rings is 1. The maximum absolute atomic E-state index is 12.9. The highest BCUT2D eigenvalue weighted by molar-refractivity contribution is 7.89. The zero-order chi connectivity index (χ0) is 21.8. The summed E-state index contributed by atoms with van der Waals surface area (Å²) in [6.45, 7) is 1.15. The fourth-order valence-corrected chi connectivity index (χ4v) is 4.32. The second-order valence-corrected chi connectivity index (χ2v) is 8.69. The van der Waals surface area contributed by atoms with Gasteiger partial charge in [-0.05, 0) is 30.3 Å². The number of H-pyrrole nitrogens is 1. The van der Waals surface area contributed by atoms with E-state index in [1.165, 1.54) is 34.6 Å². The average Bonchev–Trinajstić information content (AvgIpc) is 2.68. The minimum absolute atomic E-state index is 0.000981. The lowest BCUT2D eigenvalue weighted by atomic mass is 10.1. The van der Waals surface area contributed by atoms with E-state index in [2.05, 4.69) is 14.9 Å². The Balaban J connectivity index is 1.56. The lowest BCUT2D eigenvalue weighted by Crippen LogP contribution is -2.38. The predicted octanol–water partition coefficient (Wildman–Crippen LogP) is 2.72. The quantitative estimate of drug-likeness (QED) is 0.666. The van der Waals surface area contributed by atoms with E-state index in [-0.39, 0.29) is 35.9 Å². The van der Waals surface area contributed by atoms with Gasteiger partial charge in [-0.25, -0.2) is 8.42 Å². The topological polar surface area (TPSA) is 101 Å². The highest BCUT2D eigenvalue weighted by Crippen LogP contribution is 2.25. The number of halogens is 2. The molecule has 11 heteroatoms. The molecule has 0 spiro atoms. The lowest BCUT2D eigenvalue weighted by Gasteiger charge is -2.26. The first-order valence-electron chi connectivity index (χ1n) is 9.16. The zero-order valence-electron chi connectivity index (χ0n) is 16.2. The first-order chi connectivity index (χ1) is 14.1. The van der Waals surface area contributed by atoms with Crippen molar-refractivity contribution in [1.82, 2.24) is 9.29 Å². The summed E-state index contributed by atoms with van der Waals surface area (Å²) < 4.78 is 57.0. The maximum atomic E-state index is 12.9. The molecule has 8 nitrogen and oxygen atoms in total. The van der Waals surface area contributed by atoms with Crippen molar-refractivity contribution in [3.05, 3.63) is 58.5 Å². The van der Waals surface area contributed by atoms with Crippen LogP contribution in [0, 0.1) is 0 Å². The van der Waals surface area contributed by atoms with E-state index >= 15 is 0 Å². The molecule has 1 aliphatic rings. The van der Waals surface area contributed by atoms with Gasteiger partial charge in [-0.1, -0.05) is 11.2 Å². The highest BCUT2D eigenvalue weighted by atomic mass is 32.2. The van der Waals surface area contributed by atoms with Crippen LogP contribution in [0.2, 0.25) is 0 Å². The molecule has 0 amide bonds. The number of nitrogens with one attached hydrogen (secondary N) is 1. The number of aromatic amines is 1. The summed E-state index contributed by atoms with van der Waals surface area (Å²) in [5.41, 5.74) is 1.07. The van der Waals surface area contributed by atoms with Crippen LogP contribution in [0.4, 0.5) is 8.78 Å². The SMILES string of the molecule is CC(F)(F)Oc1ccc(S(=O)(=O)N2CCC(=NOCc3cccc(=O)[nH]3)CC2)cc1. The molecule has 1 aliphatic heterocycles. The van der Waals surface area contributed by atoms with Crippen molar-refractivity contribution in [2.45, 2.75) is 37.4 Å². The number of sulfonamides is 1. The number of pyridine rings is 1. The van der Waals surface area contributed by atoms with Crippen molar-refractivity contribution < 1.29 is 26.8 Å². The first kappa shape index (κ1) is 21.9. The van der Waals surface area contributed by atoms with Gasteiger partial charge in [0.25, 0.3) is 0 Å².